The molecule has 2 saturated heterocycles. The summed E-state index contributed by atoms with van der Waals surface area (Å²) in [5.41, 5.74) is 0.397. The van der Waals surface area contributed by atoms with E-state index in [0.29, 0.717) is 11.5 Å². The molecule has 1 N–H and O–H groups in total. The maximum absolute atomic E-state index is 5.61. The van der Waals surface area contributed by atoms with Gasteiger partial charge in [-0.1, -0.05) is 0 Å². The molecule has 2 unspecified atom stereocenters. The van der Waals surface area contributed by atoms with Gasteiger partial charge in [-0.05, 0) is 39.7 Å². The van der Waals surface area contributed by atoms with Gasteiger partial charge in [0.05, 0.1) is 6.61 Å². The van der Waals surface area contributed by atoms with Crippen molar-refractivity contribution >= 4 is 5.96 Å². The lowest BCUT2D eigenvalue weighted by molar-refractivity contribution is 0.156. The first-order valence-corrected chi connectivity index (χ1v) is 8.39. The Morgan fingerprint density at radius 1 is 1.48 bits per heavy atom. The molecule has 5 nitrogen and oxygen atoms in total. The van der Waals surface area contributed by atoms with E-state index < -0.39 is 0 Å². The third-order valence-electron chi connectivity index (χ3n) is 5.51. The molecule has 3 aliphatic rings. The lowest BCUT2D eigenvalue weighted by atomic mass is 9.87. The summed E-state index contributed by atoms with van der Waals surface area (Å²) in [6.07, 6.45) is 5.18. The smallest absolute Gasteiger partial charge is 0.193 e. The van der Waals surface area contributed by atoms with E-state index in [1.54, 1.807) is 0 Å². The van der Waals surface area contributed by atoms with Crippen molar-refractivity contribution in [3.63, 3.8) is 0 Å². The molecule has 120 valence electrons. The average Bonchev–Trinajstić information content (AvgIpc) is 3.12. The highest BCUT2D eigenvalue weighted by Crippen LogP contribution is 2.38. The van der Waals surface area contributed by atoms with Gasteiger partial charge in [0, 0.05) is 50.8 Å². The topological polar surface area (TPSA) is 40.1 Å². The maximum Gasteiger partial charge on any atom is 0.193 e. The molecule has 0 radical (unpaired) electrons. The molecule has 2 atom stereocenters. The van der Waals surface area contributed by atoms with Crippen LogP contribution in [0.15, 0.2) is 4.99 Å². The molecule has 3 rings (SSSR count). The standard InChI is InChI=1S/C16H30N4O/c1-13(19(3)14-4-5-14)10-18-15(17-2)20-8-6-16(11-20)7-9-21-12-16/h13-14H,4-12H2,1-3H3,(H,17,18). The number of rotatable bonds is 4. The first-order valence-electron chi connectivity index (χ1n) is 8.39. The number of nitrogens with zero attached hydrogens (tertiary/aromatic N) is 3. The van der Waals surface area contributed by atoms with Crippen LogP contribution in [-0.2, 0) is 4.74 Å². The number of likely N-dealkylation sites (tertiary alicyclic amines) is 1. The van der Waals surface area contributed by atoms with Crippen LogP contribution in [0.25, 0.3) is 0 Å². The number of hydrogen-bond acceptors (Lipinski definition) is 3. The van der Waals surface area contributed by atoms with Crippen LogP contribution in [0.5, 0.6) is 0 Å². The number of ether oxygens (including phenoxy) is 1. The van der Waals surface area contributed by atoms with Crippen molar-refractivity contribution in [1.29, 1.82) is 0 Å². The van der Waals surface area contributed by atoms with Crippen LogP contribution in [0, 0.1) is 5.41 Å². The summed E-state index contributed by atoms with van der Waals surface area (Å²) in [4.78, 5) is 9.40. The van der Waals surface area contributed by atoms with Crippen LogP contribution >= 0.6 is 0 Å². The Bertz CT molecular complexity index is 388. The van der Waals surface area contributed by atoms with E-state index in [1.165, 1.54) is 25.7 Å². The molecule has 1 saturated carbocycles. The first kappa shape index (κ1) is 15.1. The van der Waals surface area contributed by atoms with Crippen LogP contribution in [0.3, 0.4) is 0 Å². The van der Waals surface area contributed by atoms with Crippen LogP contribution in [0.1, 0.15) is 32.6 Å². The monoisotopic (exact) mass is 294 g/mol. The van der Waals surface area contributed by atoms with Crippen LogP contribution < -0.4 is 5.32 Å². The van der Waals surface area contributed by atoms with Gasteiger partial charge in [0.25, 0.3) is 0 Å². The molecule has 3 fully saturated rings. The predicted octanol–water partition coefficient (Wildman–Crippen LogP) is 1.16. The molecule has 2 aliphatic heterocycles. The maximum atomic E-state index is 5.61. The van der Waals surface area contributed by atoms with E-state index in [9.17, 15) is 0 Å². The molecular formula is C16H30N4O. The molecule has 5 heteroatoms. The molecule has 0 aromatic rings. The molecule has 0 aromatic heterocycles. The Labute approximate surface area is 128 Å². The molecule has 0 bridgehead atoms. The van der Waals surface area contributed by atoms with E-state index in [1.807, 2.05) is 7.05 Å². The van der Waals surface area contributed by atoms with Crippen molar-refractivity contribution in [2.75, 3.05) is 46.9 Å². The Balaban J connectivity index is 1.49. The summed E-state index contributed by atoms with van der Waals surface area (Å²) in [6, 6.07) is 1.37. The van der Waals surface area contributed by atoms with Gasteiger partial charge < -0.3 is 15.0 Å². The Morgan fingerprint density at radius 3 is 2.90 bits per heavy atom. The van der Waals surface area contributed by atoms with E-state index in [4.69, 9.17) is 4.74 Å². The molecule has 21 heavy (non-hydrogen) atoms. The summed E-state index contributed by atoms with van der Waals surface area (Å²) in [7, 11) is 4.14. The third kappa shape index (κ3) is 3.34. The minimum atomic E-state index is 0.397. The number of guanidine groups is 1. The SMILES string of the molecule is CN=C(NCC(C)N(C)C1CC1)N1CCC2(CCOC2)C1. The Morgan fingerprint density at radius 2 is 2.29 bits per heavy atom. The van der Waals surface area contributed by atoms with Gasteiger partial charge in [-0.15, -0.1) is 0 Å². The van der Waals surface area contributed by atoms with E-state index in [0.717, 1.165) is 44.8 Å². The highest BCUT2D eigenvalue weighted by atomic mass is 16.5. The van der Waals surface area contributed by atoms with Crippen molar-refractivity contribution < 1.29 is 4.74 Å². The minimum absolute atomic E-state index is 0.397. The molecule has 0 amide bonds. The summed E-state index contributed by atoms with van der Waals surface area (Å²) in [5.74, 6) is 1.06. The van der Waals surface area contributed by atoms with E-state index in [-0.39, 0.29) is 0 Å². The average molecular weight is 294 g/mol. The largest absolute Gasteiger partial charge is 0.381 e. The lowest BCUT2D eigenvalue weighted by Gasteiger charge is -2.28. The van der Waals surface area contributed by atoms with Gasteiger partial charge in [0.1, 0.15) is 0 Å². The molecule has 1 spiro atoms. The highest BCUT2D eigenvalue weighted by Gasteiger charge is 2.42. The Hall–Kier alpha value is -0.810. The second kappa shape index (κ2) is 6.13. The summed E-state index contributed by atoms with van der Waals surface area (Å²) >= 11 is 0. The quantitative estimate of drug-likeness (QED) is 0.624. The van der Waals surface area contributed by atoms with Crippen molar-refractivity contribution in [2.24, 2.45) is 10.4 Å². The lowest BCUT2D eigenvalue weighted by Crippen LogP contribution is -2.47. The first-order chi connectivity index (χ1) is 10.1. The van der Waals surface area contributed by atoms with Crippen molar-refractivity contribution in [3.05, 3.63) is 0 Å². The third-order valence-corrected chi connectivity index (χ3v) is 5.51. The van der Waals surface area contributed by atoms with E-state index >= 15 is 0 Å². The molecule has 2 heterocycles. The zero-order valence-corrected chi connectivity index (χ0v) is 13.8. The zero-order valence-electron chi connectivity index (χ0n) is 13.8. The van der Waals surface area contributed by atoms with Gasteiger partial charge >= 0.3 is 0 Å². The fourth-order valence-corrected chi connectivity index (χ4v) is 3.64. The second-order valence-corrected chi connectivity index (χ2v) is 7.15. The van der Waals surface area contributed by atoms with Crippen LogP contribution in [0.4, 0.5) is 0 Å². The van der Waals surface area contributed by atoms with Crippen molar-refractivity contribution in [3.8, 4) is 0 Å². The van der Waals surface area contributed by atoms with Crippen LogP contribution in [-0.4, -0.2) is 74.8 Å². The minimum Gasteiger partial charge on any atom is -0.381 e. The molecule has 0 aromatic carbocycles. The predicted molar refractivity (Wildman–Crippen MR) is 85.7 cm³/mol. The fraction of sp³-hybridized carbons (Fsp3) is 0.938. The number of hydrogen-bond donors (Lipinski definition) is 1. The van der Waals surface area contributed by atoms with Gasteiger partial charge in [-0.2, -0.15) is 0 Å². The van der Waals surface area contributed by atoms with Crippen molar-refractivity contribution in [1.82, 2.24) is 15.1 Å². The van der Waals surface area contributed by atoms with Gasteiger partial charge in [0.15, 0.2) is 5.96 Å². The number of aliphatic imine (C=N–C) groups is 1. The fourth-order valence-electron chi connectivity index (χ4n) is 3.64. The summed E-state index contributed by atoms with van der Waals surface area (Å²) in [6.45, 7) is 7.34. The number of likely N-dealkylation sites (N-methyl/N-ethyl adjacent to an activating group) is 1. The van der Waals surface area contributed by atoms with Gasteiger partial charge in [-0.3, -0.25) is 9.89 Å². The second-order valence-electron chi connectivity index (χ2n) is 7.15. The molecular weight excluding hydrogens is 264 g/mol. The summed E-state index contributed by atoms with van der Waals surface area (Å²) in [5, 5.41) is 3.57. The molecule has 1 aliphatic carbocycles. The van der Waals surface area contributed by atoms with Gasteiger partial charge in [0.2, 0.25) is 0 Å². The number of nitrogens with one attached hydrogen (secondary N) is 1. The highest BCUT2D eigenvalue weighted by molar-refractivity contribution is 5.80. The Kier molecular flexibility index (Phi) is 4.41. The van der Waals surface area contributed by atoms with Crippen molar-refractivity contribution in [2.45, 2.75) is 44.7 Å². The van der Waals surface area contributed by atoms with Gasteiger partial charge in [-0.25, -0.2) is 0 Å². The van der Waals surface area contributed by atoms with Crippen LogP contribution in [0.2, 0.25) is 0 Å². The normalized spacial score (nSPS) is 31.4. The van der Waals surface area contributed by atoms with E-state index in [2.05, 4.69) is 34.1 Å². The zero-order chi connectivity index (χ0) is 14.9. The summed E-state index contributed by atoms with van der Waals surface area (Å²) < 4.78 is 5.61.